The van der Waals surface area contributed by atoms with Crippen LogP contribution in [0.2, 0.25) is 0 Å². The lowest BCUT2D eigenvalue weighted by Crippen LogP contribution is -2.41. The zero-order valence-electron chi connectivity index (χ0n) is 13.2. The standard InChI is InChI=1S/C15H22ClNO4S/c1-5-11(2)17(15(18)12(3)16)10-13-7-6-8-14(9-13)21-22(4,19)20/h6-9,11-12H,5,10H2,1-4H3. The highest BCUT2D eigenvalue weighted by molar-refractivity contribution is 7.86. The van der Waals surface area contributed by atoms with Crippen LogP contribution in [0.25, 0.3) is 0 Å². The van der Waals surface area contributed by atoms with Gasteiger partial charge in [-0.05, 0) is 38.0 Å². The second kappa shape index (κ2) is 7.83. The Hall–Kier alpha value is -1.27. The van der Waals surface area contributed by atoms with Crippen LogP contribution in [-0.4, -0.2) is 36.9 Å². The van der Waals surface area contributed by atoms with E-state index in [1.807, 2.05) is 19.9 Å². The van der Waals surface area contributed by atoms with Crippen molar-refractivity contribution >= 4 is 27.6 Å². The average Bonchev–Trinajstić information content (AvgIpc) is 2.41. The average molecular weight is 348 g/mol. The van der Waals surface area contributed by atoms with Gasteiger partial charge in [-0.3, -0.25) is 4.79 Å². The number of carbonyl (C=O) groups is 1. The van der Waals surface area contributed by atoms with Crippen LogP contribution in [0, 0.1) is 0 Å². The van der Waals surface area contributed by atoms with Gasteiger partial charge in [-0.1, -0.05) is 19.1 Å². The van der Waals surface area contributed by atoms with Crippen LogP contribution in [0.4, 0.5) is 0 Å². The zero-order chi connectivity index (χ0) is 16.9. The number of alkyl halides is 1. The molecular formula is C15H22ClNO4S. The summed E-state index contributed by atoms with van der Waals surface area (Å²) in [6.07, 6.45) is 1.79. The molecule has 0 aliphatic carbocycles. The number of nitrogens with zero attached hydrogens (tertiary/aromatic N) is 1. The Balaban J connectivity index is 2.98. The Morgan fingerprint density at radius 1 is 1.36 bits per heavy atom. The van der Waals surface area contributed by atoms with Crippen molar-refractivity contribution < 1.29 is 17.4 Å². The van der Waals surface area contributed by atoms with E-state index >= 15 is 0 Å². The lowest BCUT2D eigenvalue weighted by atomic mass is 10.1. The van der Waals surface area contributed by atoms with Gasteiger partial charge in [0, 0.05) is 12.6 Å². The van der Waals surface area contributed by atoms with Crippen molar-refractivity contribution in [1.29, 1.82) is 0 Å². The van der Waals surface area contributed by atoms with Gasteiger partial charge in [0.05, 0.1) is 6.26 Å². The summed E-state index contributed by atoms with van der Waals surface area (Å²) in [4.78, 5) is 13.9. The molecule has 2 atom stereocenters. The lowest BCUT2D eigenvalue weighted by Gasteiger charge is -2.30. The van der Waals surface area contributed by atoms with E-state index in [-0.39, 0.29) is 17.7 Å². The summed E-state index contributed by atoms with van der Waals surface area (Å²) in [5.74, 6) is 0.0842. The largest absolute Gasteiger partial charge is 0.383 e. The highest BCUT2D eigenvalue weighted by Crippen LogP contribution is 2.19. The minimum atomic E-state index is -3.57. The molecule has 0 bridgehead atoms. The van der Waals surface area contributed by atoms with E-state index in [2.05, 4.69) is 0 Å². The molecule has 0 heterocycles. The van der Waals surface area contributed by atoms with Crippen molar-refractivity contribution in [3.63, 3.8) is 0 Å². The minimum absolute atomic E-state index is 0.0354. The molecule has 0 saturated carbocycles. The van der Waals surface area contributed by atoms with Crippen molar-refractivity contribution in [2.24, 2.45) is 0 Å². The maximum Gasteiger partial charge on any atom is 0.306 e. The number of rotatable bonds is 7. The third-order valence-corrected chi connectivity index (χ3v) is 3.93. The summed E-state index contributed by atoms with van der Waals surface area (Å²) in [6, 6.07) is 6.72. The van der Waals surface area contributed by atoms with E-state index in [9.17, 15) is 13.2 Å². The molecule has 0 spiro atoms. The van der Waals surface area contributed by atoms with Crippen LogP contribution in [0.1, 0.15) is 32.8 Å². The first kappa shape index (κ1) is 18.8. The third kappa shape index (κ3) is 5.85. The van der Waals surface area contributed by atoms with E-state index in [4.69, 9.17) is 15.8 Å². The zero-order valence-corrected chi connectivity index (χ0v) is 14.8. The van der Waals surface area contributed by atoms with Crippen molar-refractivity contribution in [2.75, 3.05) is 6.26 Å². The molecular weight excluding hydrogens is 326 g/mol. The molecule has 22 heavy (non-hydrogen) atoms. The third-order valence-electron chi connectivity index (χ3n) is 3.25. The van der Waals surface area contributed by atoms with Gasteiger partial charge < -0.3 is 9.08 Å². The summed E-state index contributed by atoms with van der Waals surface area (Å²) in [5, 5.41) is -0.607. The molecule has 0 fully saturated rings. The van der Waals surface area contributed by atoms with Gasteiger partial charge in [0.15, 0.2) is 0 Å². The monoisotopic (exact) mass is 347 g/mol. The second-order valence-corrected chi connectivity index (χ2v) is 7.50. The summed E-state index contributed by atoms with van der Waals surface area (Å²) < 4.78 is 27.2. The lowest BCUT2D eigenvalue weighted by molar-refractivity contribution is -0.133. The fourth-order valence-corrected chi connectivity index (χ4v) is 2.55. The molecule has 0 radical (unpaired) electrons. The topological polar surface area (TPSA) is 63.7 Å². The van der Waals surface area contributed by atoms with Crippen LogP contribution < -0.4 is 4.18 Å². The highest BCUT2D eigenvalue weighted by atomic mass is 35.5. The first-order valence-electron chi connectivity index (χ1n) is 7.07. The fourth-order valence-electron chi connectivity index (χ4n) is 1.97. The molecule has 0 aliphatic heterocycles. The van der Waals surface area contributed by atoms with Crippen molar-refractivity contribution in [2.45, 2.75) is 45.2 Å². The Bertz CT molecular complexity index is 616. The molecule has 0 aromatic heterocycles. The molecule has 7 heteroatoms. The van der Waals surface area contributed by atoms with Crippen LogP contribution in [0.3, 0.4) is 0 Å². The summed E-state index contributed by atoms with van der Waals surface area (Å²) in [7, 11) is -3.57. The number of amides is 1. The van der Waals surface area contributed by atoms with Crippen molar-refractivity contribution in [3.05, 3.63) is 29.8 Å². The summed E-state index contributed by atoms with van der Waals surface area (Å²) >= 11 is 5.91. The molecule has 2 unspecified atom stereocenters. The van der Waals surface area contributed by atoms with Crippen LogP contribution in [0.15, 0.2) is 24.3 Å². The van der Waals surface area contributed by atoms with Crippen LogP contribution in [0.5, 0.6) is 5.75 Å². The predicted octanol–water partition coefficient (Wildman–Crippen LogP) is 2.78. The number of carbonyl (C=O) groups excluding carboxylic acids is 1. The Morgan fingerprint density at radius 3 is 2.50 bits per heavy atom. The second-order valence-electron chi connectivity index (χ2n) is 5.27. The maximum absolute atomic E-state index is 12.2. The van der Waals surface area contributed by atoms with Crippen molar-refractivity contribution in [1.82, 2.24) is 4.90 Å². The Morgan fingerprint density at radius 2 is 2.00 bits per heavy atom. The summed E-state index contributed by atoms with van der Waals surface area (Å²) in [6.45, 7) is 5.94. The molecule has 5 nitrogen and oxygen atoms in total. The minimum Gasteiger partial charge on any atom is -0.383 e. The van der Waals surface area contributed by atoms with Gasteiger partial charge in [0.1, 0.15) is 11.1 Å². The molecule has 0 aliphatic rings. The molecule has 1 aromatic carbocycles. The molecule has 1 amide bonds. The quantitative estimate of drug-likeness (QED) is 0.562. The maximum atomic E-state index is 12.2. The molecule has 0 N–H and O–H groups in total. The molecule has 1 aromatic rings. The molecule has 124 valence electrons. The highest BCUT2D eigenvalue weighted by Gasteiger charge is 2.23. The molecule has 1 rings (SSSR count). The van der Waals surface area contributed by atoms with E-state index in [1.165, 1.54) is 0 Å². The van der Waals surface area contributed by atoms with Gasteiger partial charge in [0.25, 0.3) is 0 Å². The smallest absolute Gasteiger partial charge is 0.306 e. The van der Waals surface area contributed by atoms with Gasteiger partial charge in [-0.2, -0.15) is 8.42 Å². The Kier molecular flexibility index (Phi) is 6.68. The summed E-state index contributed by atoms with van der Waals surface area (Å²) in [5.41, 5.74) is 0.784. The number of hydrogen-bond acceptors (Lipinski definition) is 4. The van der Waals surface area contributed by atoms with Crippen LogP contribution >= 0.6 is 11.6 Å². The van der Waals surface area contributed by atoms with Crippen molar-refractivity contribution in [3.8, 4) is 5.75 Å². The normalized spacial score (nSPS) is 14.2. The number of benzene rings is 1. The number of halogens is 1. The van der Waals surface area contributed by atoms with Crippen LogP contribution in [-0.2, 0) is 21.5 Å². The first-order chi connectivity index (χ1) is 10.1. The first-order valence-corrected chi connectivity index (χ1v) is 9.32. The fraction of sp³-hybridized carbons (Fsp3) is 0.533. The van der Waals surface area contributed by atoms with E-state index in [0.29, 0.717) is 6.54 Å². The van der Waals surface area contributed by atoms with E-state index < -0.39 is 15.5 Å². The predicted molar refractivity (Wildman–Crippen MR) is 87.5 cm³/mol. The Labute approximate surface area is 137 Å². The van der Waals surface area contributed by atoms with E-state index in [1.54, 1.807) is 30.0 Å². The van der Waals surface area contributed by atoms with Gasteiger partial charge in [0.2, 0.25) is 5.91 Å². The number of hydrogen-bond donors (Lipinski definition) is 0. The van der Waals surface area contributed by atoms with Gasteiger partial charge in [-0.15, -0.1) is 11.6 Å². The molecule has 0 saturated heterocycles. The SMILES string of the molecule is CCC(C)N(Cc1cccc(OS(C)(=O)=O)c1)C(=O)C(C)Cl. The van der Waals surface area contributed by atoms with Gasteiger partial charge in [-0.25, -0.2) is 0 Å². The van der Waals surface area contributed by atoms with E-state index in [0.717, 1.165) is 18.2 Å². The van der Waals surface area contributed by atoms with Gasteiger partial charge >= 0.3 is 10.1 Å².